The number of amides is 2. The number of thiazole rings is 1. The van der Waals surface area contributed by atoms with Crippen LogP contribution in [0.5, 0.6) is 0 Å². The highest BCUT2D eigenvalue weighted by Crippen LogP contribution is 2.25. The molecule has 0 bridgehead atoms. The number of benzene rings is 1. The van der Waals surface area contributed by atoms with Gasteiger partial charge in [0.15, 0.2) is 5.13 Å². The Kier molecular flexibility index (Phi) is 7.31. The number of piperidine rings is 1. The first kappa shape index (κ1) is 21.7. The number of carbonyl (C=O) groups excluding carboxylic acids is 2. The van der Waals surface area contributed by atoms with E-state index in [-0.39, 0.29) is 23.4 Å². The maximum Gasteiger partial charge on any atom is 0.273 e. The van der Waals surface area contributed by atoms with E-state index in [9.17, 15) is 19.7 Å². The molecule has 0 saturated carbocycles. The Morgan fingerprint density at radius 2 is 2.13 bits per heavy atom. The second-order valence-electron chi connectivity index (χ2n) is 6.84. The number of likely N-dealkylation sites (tertiary alicyclic amines) is 1. The van der Waals surface area contributed by atoms with Crippen LogP contribution in [-0.2, 0) is 9.53 Å². The fraction of sp³-hybridized carbons (Fsp3) is 0.421. The molecule has 0 radical (unpaired) electrons. The van der Waals surface area contributed by atoms with E-state index in [0.29, 0.717) is 42.8 Å². The predicted molar refractivity (Wildman–Crippen MR) is 112 cm³/mol. The van der Waals surface area contributed by atoms with Crippen LogP contribution >= 0.6 is 11.3 Å². The van der Waals surface area contributed by atoms with Crippen LogP contribution in [0.4, 0.5) is 16.5 Å². The van der Waals surface area contributed by atoms with Gasteiger partial charge in [0.1, 0.15) is 5.69 Å². The molecule has 1 aliphatic rings. The van der Waals surface area contributed by atoms with Crippen molar-refractivity contribution in [2.75, 3.05) is 38.7 Å². The summed E-state index contributed by atoms with van der Waals surface area (Å²) in [6.45, 7) is 1.84. The smallest absolute Gasteiger partial charge is 0.273 e. The number of non-ortho nitro benzene ring substituents is 1. The first-order valence-electron chi connectivity index (χ1n) is 9.51. The lowest BCUT2D eigenvalue weighted by atomic mass is 9.97. The molecule has 30 heavy (non-hydrogen) atoms. The standard InChI is InChI=1S/C19H23N5O5S/c1-29-10-8-20-17(25)13-3-2-9-23(11-13)18(26)16-12-30-19(22-16)21-14-4-6-15(7-5-14)24(27)28/h4-7,12-13H,2-3,8-11H2,1H3,(H,20,25)(H,21,22). The molecule has 1 atom stereocenters. The molecule has 2 heterocycles. The van der Waals surface area contributed by atoms with Crippen molar-refractivity contribution in [3.63, 3.8) is 0 Å². The molecule has 0 spiro atoms. The summed E-state index contributed by atoms with van der Waals surface area (Å²) < 4.78 is 4.94. The third-order valence-corrected chi connectivity index (χ3v) is 5.50. The summed E-state index contributed by atoms with van der Waals surface area (Å²) in [5, 5.41) is 18.8. The summed E-state index contributed by atoms with van der Waals surface area (Å²) >= 11 is 1.27. The van der Waals surface area contributed by atoms with Gasteiger partial charge in [0.25, 0.3) is 11.6 Å². The second kappa shape index (κ2) is 10.1. The monoisotopic (exact) mass is 433 g/mol. The normalized spacial score (nSPS) is 16.2. The average Bonchev–Trinajstić information content (AvgIpc) is 3.22. The highest BCUT2D eigenvalue weighted by Gasteiger charge is 2.29. The Labute approximate surface area is 177 Å². The molecule has 0 aliphatic carbocycles. The number of nitro groups is 1. The average molecular weight is 433 g/mol. The molecule has 2 N–H and O–H groups in total. The van der Waals surface area contributed by atoms with E-state index in [4.69, 9.17) is 4.74 Å². The Bertz CT molecular complexity index is 901. The van der Waals surface area contributed by atoms with Crippen LogP contribution in [0.3, 0.4) is 0 Å². The maximum absolute atomic E-state index is 12.8. The maximum atomic E-state index is 12.8. The van der Waals surface area contributed by atoms with E-state index in [0.717, 1.165) is 12.8 Å². The molecule has 3 rings (SSSR count). The largest absolute Gasteiger partial charge is 0.383 e. The number of nitrogens with zero attached hydrogens (tertiary/aromatic N) is 3. The first-order valence-corrected chi connectivity index (χ1v) is 10.4. The summed E-state index contributed by atoms with van der Waals surface area (Å²) in [7, 11) is 1.58. The van der Waals surface area contributed by atoms with Crippen molar-refractivity contribution in [3.8, 4) is 0 Å². The Morgan fingerprint density at radius 1 is 1.37 bits per heavy atom. The van der Waals surface area contributed by atoms with Gasteiger partial charge >= 0.3 is 0 Å². The first-order chi connectivity index (χ1) is 14.5. The topological polar surface area (TPSA) is 127 Å². The molecule has 1 aromatic heterocycles. The molecule has 1 unspecified atom stereocenters. The van der Waals surface area contributed by atoms with E-state index in [1.54, 1.807) is 29.5 Å². The van der Waals surface area contributed by atoms with Gasteiger partial charge in [-0.15, -0.1) is 11.3 Å². The summed E-state index contributed by atoms with van der Waals surface area (Å²) in [6.07, 6.45) is 1.50. The zero-order valence-corrected chi connectivity index (χ0v) is 17.3. The van der Waals surface area contributed by atoms with Crippen LogP contribution in [0.2, 0.25) is 0 Å². The third-order valence-electron chi connectivity index (χ3n) is 4.74. The number of ether oxygens (including phenoxy) is 1. The summed E-state index contributed by atoms with van der Waals surface area (Å²) in [4.78, 5) is 41.4. The highest BCUT2D eigenvalue weighted by atomic mass is 32.1. The van der Waals surface area contributed by atoms with Gasteiger partial charge < -0.3 is 20.3 Å². The summed E-state index contributed by atoms with van der Waals surface area (Å²) in [5.74, 6) is -0.517. The van der Waals surface area contributed by atoms with Crippen molar-refractivity contribution in [2.45, 2.75) is 12.8 Å². The fourth-order valence-corrected chi connectivity index (χ4v) is 3.88. The number of rotatable bonds is 8. The number of anilines is 2. The van der Waals surface area contributed by atoms with Gasteiger partial charge in [-0.3, -0.25) is 19.7 Å². The molecule has 11 heteroatoms. The van der Waals surface area contributed by atoms with E-state index in [2.05, 4.69) is 15.6 Å². The molecule has 2 aromatic rings. The van der Waals surface area contributed by atoms with Crippen molar-refractivity contribution >= 4 is 39.7 Å². The van der Waals surface area contributed by atoms with Gasteiger partial charge in [0.05, 0.1) is 17.4 Å². The van der Waals surface area contributed by atoms with E-state index >= 15 is 0 Å². The van der Waals surface area contributed by atoms with E-state index in [1.165, 1.54) is 23.5 Å². The second-order valence-corrected chi connectivity index (χ2v) is 7.70. The molecular formula is C19H23N5O5S. The minimum Gasteiger partial charge on any atom is -0.383 e. The number of aromatic nitrogens is 1. The quantitative estimate of drug-likeness (QED) is 0.372. The molecule has 160 valence electrons. The van der Waals surface area contributed by atoms with Crippen LogP contribution in [0.25, 0.3) is 0 Å². The van der Waals surface area contributed by atoms with Crippen LogP contribution in [0, 0.1) is 16.0 Å². The Hall–Kier alpha value is -3.05. The number of carbonyl (C=O) groups is 2. The van der Waals surface area contributed by atoms with E-state index in [1.807, 2.05) is 0 Å². The minimum absolute atomic E-state index is 0.00136. The van der Waals surface area contributed by atoms with E-state index < -0.39 is 4.92 Å². The lowest BCUT2D eigenvalue weighted by Gasteiger charge is -2.31. The van der Waals surface area contributed by atoms with Crippen molar-refractivity contribution in [1.82, 2.24) is 15.2 Å². The van der Waals surface area contributed by atoms with Gasteiger partial charge in [-0.05, 0) is 25.0 Å². The van der Waals surface area contributed by atoms with Crippen molar-refractivity contribution in [1.29, 1.82) is 0 Å². The molecule has 1 saturated heterocycles. The van der Waals surface area contributed by atoms with Crippen LogP contribution in [0.1, 0.15) is 23.3 Å². The van der Waals surface area contributed by atoms with Gasteiger partial charge in [0, 0.05) is 49.9 Å². The predicted octanol–water partition coefficient (Wildman–Crippen LogP) is 2.41. The number of nitrogens with one attached hydrogen (secondary N) is 2. The van der Waals surface area contributed by atoms with Gasteiger partial charge in [-0.2, -0.15) is 0 Å². The van der Waals surface area contributed by atoms with Crippen LogP contribution in [-0.4, -0.2) is 60.0 Å². The Balaban J connectivity index is 1.58. The molecule has 1 aliphatic heterocycles. The SMILES string of the molecule is COCCNC(=O)C1CCCN(C(=O)c2csc(Nc3ccc([N+](=O)[O-])cc3)n2)C1. The lowest BCUT2D eigenvalue weighted by molar-refractivity contribution is -0.384. The van der Waals surface area contributed by atoms with Crippen molar-refractivity contribution in [2.24, 2.45) is 5.92 Å². The fourth-order valence-electron chi connectivity index (χ4n) is 3.18. The zero-order valence-electron chi connectivity index (χ0n) is 16.5. The molecule has 10 nitrogen and oxygen atoms in total. The summed E-state index contributed by atoms with van der Waals surface area (Å²) in [6, 6.07) is 5.96. The third kappa shape index (κ3) is 5.51. The highest BCUT2D eigenvalue weighted by molar-refractivity contribution is 7.14. The van der Waals surface area contributed by atoms with Crippen LogP contribution in [0.15, 0.2) is 29.6 Å². The molecular weight excluding hydrogens is 410 g/mol. The zero-order chi connectivity index (χ0) is 21.5. The number of hydrogen-bond acceptors (Lipinski definition) is 8. The van der Waals surface area contributed by atoms with Gasteiger partial charge in [-0.25, -0.2) is 4.98 Å². The number of hydrogen-bond donors (Lipinski definition) is 2. The summed E-state index contributed by atoms with van der Waals surface area (Å²) in [5.41, 5.74) is 0.950. The minimum atomic E-state index is -0.465. The van der Waals surface area contributed by atoms with Crippen molar-refractivity contribution < 1.29 is 19.2 Å². The molecule has 1 fully saturated rings. The molecule has 2 amide bonds. The molecule has 1 aromatic carbocycles. The van der Waals surface area contributed by atoms with Gasteiger partial charge in [-0.1, -0.05) is 0 Å². The van der Waals surface area contributed by atoms with Gasteiger partial charge in [0.2, 0.25) is 5.91 Å². The lowest BCUT2D eigenvalue weighted by Crippen LogP contribution is -2.46. The van der Waals surface area contributed by atoms with Crippen LogP contribution < -0.4 is 10.6 Å². The van der Waals surface area contributed by atoms with Crippen molar-refractivity contribution in [3.05, 3.63) is 45.5 Å². The number of methoxy groups -OCH3 is 1. The Morgan fingerprint density at radius 3 is 2.83 bits per heavy atom. The number of nitro benzene ring substituents is 1.